The molecular formula is C8H6Cl2NO4+. The predicted octanol–water partition coefficient (Wildman–Crippen LogP) is 2.33. The van der Waals surface area contributed by atoms with Crippen molar-refractivity contribution in [3.63, 3.8) is 0 Å². The number of esters is 1. The van der Waals surface area contributed by atoms with E-state index in [0.29, 0.717) is 0 Å². The molecule has 0 heterocycles. The van der Waals surface area contributed by atoms with Gasteiger partial charge in [0.15, 0.2) is 0 Å². The van der Waals surface area contributed by atoms with Gasteiger partial charge in [-0.1, -0.05) is 4.39 Å². The van der Waals surface area contributed by atoms with Gasteiger partial charge in [0.05, 0.1) is 4.91 Å². The summed E-state index contributed by atoms with van der Waals surface area (Å²) >= 11 is 10.1. The van der Waals surface area contributed by atoms with Crippen molar-refractivity contribution in [2.45, 2.75) is 0 Å². The number of hydrogen-bond acceptors (Lipinski definition) is 4. The van der Waals surface area contributed by atoms with Gasteiger partial charge in [-0.25, -0.2) is 0 Å². The second-order valence-electron chi connectivity index (χ2n) is 2.43. The maximum absolute atomic E-state index is 10.8. The van der Waals surface area contributed by atoms with Crippen LogP contribution in [0.3, 0.4) is 0 Å². The molecular weight excluding hydrogens is 245 g/mol. The van der Waals surface area contributed by atoms with Gasteiger partial charge in [0, 0.05) is 12.1 Å². The van der Waals surface area contributed by atoms with E-state index in [9.17, 15) is 9.70 Å². The number of carbonyl (C=O) groups excluding carboxylic acids is 1. The monoisotopic (exact) mass is 250 g/mol. The number of alkyl halides is 1. The first-order valence-electron chi connectivity index (χ1n) is 3.80. The Morgan fingerprint density at radius 3 is 2.40 bits per heavy atom. The normalized spacial score (nSPS) is 9.47. The van der Waals surface area contributed by atoms with Crippen LogP contribution in [0.4, 0.5) is 5.69 Å². The van der Waals surface area contributed by atoms with Crippen LogP contribution in [-0.4, -0.2) is 16.8 Å². The van der Waals surface area contributed by atoms with Crippen molar-refractivity contribution in [2.75, 3.05) is 5.88 Å². The van der Waals surface area contributed by atoms with E-state index < -0.39 is 5.97 Å². The molecule has 0 aliphatic heterocycles. The summed E-state index contributed by atoms with van der Waals surface area (Å²) in [4.78, 5) is 21.7. The maximum Gasteiger partial charge on any atom is 0.326 e. The van der Waals surface area contributed by atoms with Gasteiger partial charge in [-0.2, -0.15) is 0 Å². The van der Waals surface area contributed by atoms with Crippen LogP contribution in [-0.2, 0) is 9.18 Å². The van der Waals surface area contributed by atoms with Crippen LogP contribution >= 0.6 is 23.5 Å². The van der Waals surface area contributed by atoms with Gasteiger partial charge in [0.25, 0.3) is 4.92 Å². The topological polar surface area (TPSA) is 55.6 Å². The maximum atomic E-state index is 10.8. The van der Waals surface area contributed by atoms with Crippen LogP contribution < -0.4 is 4.74 Å². The lowest BCUT2D eigenvalue weighted by molar-refractivity contribution is -0.700. The largest absolute Gasteiger partial charge is 0.426 e. The molecule has 1 rings (SSSR count). The lowest BCUT2D eigenvalue weighted by atomic mass is 10.3. The quantitative estimate of drug-likeness (QED) is 0.356. The first kappa shape index (κ1) is 11.7. The van der Waals surface area contributed by atoms with E-state index in [1.807, 2.05) is 0 Å². The zero-order chi connectivity index (χ0) is 11.3. The zero-order valence-electron chi connectivity index (χ0n) is 7.35. The molecule has 1 aromatic carbocycles. The van der Waals surface area contributed by atoms with Gasteiger partial charge >= 0.3 is 11.7 Å². The average Bonchev–Trinajstić information content (AvgIpc) is 2.29. The number of nitrogens with zero attached hydrogens (tertiary/aromatic N) is 1. The minimum Gasteiger partial charge on any atom is -0.426 e. The lowest BCUT2D eigenvalue weighted by Gasteiger charge is -1.99. The molecule has 15 heavy (non-hydrogen) atoms. The van der Waals surface area contributed by atoms with Crippen LogP contribution in [0.5, 0.6) is 5.75 Å². The molecule has 7 heteroatoms. The van der Waals surface area contributed by atoms with Crippen molar-refractivity contribution in [3.8, 4) is 5.75 Å². The SMILES string of the molecule is O=C(CCl)Oc1ccc([N+](=O)OCl)cc1. The van der Waals surface area contributed by atoms with Crippen molar-refractivity contribution >= 4 is 35.1 Å². The van der Waals surface area contributed by atoms with E-state index >= 15 is 0 Å². The highest BCUT2D eigenvalue weighted by Gasteiger charge is 2.15. The molecule has 0 bridgehead atoms. The number of carbonyl (C=O) groups is 1. The summed E-state index contributed by atoms with van der Waals surface area (Å²) in [5.41, 5.74) is 0.177. The second kappa shape index (κ2) is 5.53. The lowest BCUT2D eigenvalue weighted by Crippen LogP contribution is -2.08. The van der Waals surface area contributed by atoms with E-state index in [4.69, 9.17) is 28.2 Å². The first-order valence-corrected chi connectivity index (χ1v) is 4.64. The highest BCUT2D eigenvalue weighted by atomic mass is 35.5. The van der Waals surface area contributed by atoms with Gasteiger partial charge < -0.3 is 4.74 Å². The summed E-state index contributed by atoms with van der Waals surface area (Å²) in [5, 5.41) is 0. The van der Waals surface area contributed by atoms with Crippen LogP contribution in [0.2, 0.25) is 0 Å². The predicted molar refractivity (Wildman–Crippen MR) is 53.0 cm³/mol. The summed E-state index contributed by atoms with van der Waals surface area (Å²) < 4.78 is 8.67. The Bertz CT molecular complexity index is 365. The van der Waals surface area contributed by atoms with Crippen LogP contribution in [0, 0.1) is 4.91 Å². The standard InChI is InChI=1S/C8H6Cl2NO4/c9-5-8(12)14-7-3-1-6(2-4-7)11(13)15-10/h1-4H,5H2/q+1. The molecule has 0 amide bonds. The fourth-order valence-corrected chi connectivity index (χ4v) is 0.969. The van der Waals surface area contributed by atoms with E-state index in [2.05, 4.69) is 4.39 Å². The van der Waals surface area contributed by atoms with Gasteiger partial charge in [-0.05, 0) is 12.1 Å². The molecule has 80 valence electrons. The molecule has 5 nitrogen and oxygen atoms in total. The minimum absolute atomic E-state index is 0.106. The van der Waals surface area contributed by atoms with Crippen LogP contribution in [0.25, 0.3) is 0 Å². The third kappa shape index (κ3) is 3.38. The van der Waals surface area contributed by atoms with E-state index in [0.717, 1.165) is 0 Å². The third-order valence-corrected chi connectivity index (χ3v) is 1.79. The minimum atomic E-state index is -0.572. The smallest absolute Gasteiger partial charge is 0.326 e. The first-order chi connectivity index (χ1) is 7.17. The molecule has 0 saturated heterocycles. The number of rotatable bonds is 4. The molecule has 0 N–H and O–H groups in total. The molecule has 0 radical (unpaired) electrons. The molecule has 1 aromatic rings. The average molecular weight is 251 g/mol. The number of halogens is 2. The van der Waals surface area contributed by atoms with Crippen molar-refractivity contribution < 1.29 is 18.8 Å². The van der Waals surface area contributed by atoms with E-state index in [1.165, 1.54) is 24.3 Å². The molecule has 0 aliphatic carbocycles. The van der Waals surface area contributed by atoms with Crippen molar-refractivity contribution in [1.29, 1.82) is 0 Å². The molecule has 0 spiro atoms. The highest BCUT2D eigenvalue weighted by molar-refractivity contribution is 6.26. The zero-order valence-corrected chi connectivity index (χ0v) is 8.86. The highest BCUT2D eigenvalue weighted by Crippen LogP contribution is 2.18. The summed E-state index contributed by atoms with van der Waals surface area (Å²) in [6.07, 6.45) is 0. The fraction of sp³-hybridized carbons (Fsp3) is 0.125. The summed E-state index contributed by atoms with van der Waals surface area (Å²) in [7, 11) is 0. The Kier molecular flexibility index (Phi) is 4.33. The number of ether oxygens (including phenoxy) is 1. The number of benzene rings is 1. The van der Waals surface area contributed by atoms with Gasteiger partial charge in [-0.15, -0.1) is 11.6 Å². The van der Waals surface area contributed by atoms with Crippen LogP contribution in [0.1, 0.15) is 0 Å². The molecule has 0 unspecified atom stereocenters. The summed E-state index contributed by atoms with van der Waals surface area (Å²) in [5.74, 6) is -0.524. The van der Waals surface area contributed by atoms with Crippen molar-refractivity contribution in [1.82, 2.24) is 0 Å². The Hall–Kier alpha value is -1.33. The second-order valence-corrected chi connectivity index (χ2v) is 2.83. The molecule has 0 saturated carbocycles. The van der Waals surface area contributed by atoms with Gasteiger partial charge in [0.1, 0.15) is 11.6 Å². The molecule has 0 aliphatic rings. The summed E-state index contributed by atoms with van der Waals surface area (Å²) in [6, 6.07) is 5.60. The van der Waals surface area contributed by atoms with E-state index in [1.54, 1.807) is 0 Å². The Morgan fingerprint density at radius 1 is 1.33 bits per heavy atom. The number of hydrogen-bond donors (Lipinski definition) is 0. The fourth-order valence-electron chi connectivity index (χ4n) is 0.834. The third-order valence-electron chi connectivity index (χ3n) is 1.45. The molecule has 0 atom stereocenters. The van der Waals surface area contributed by atoms with Crippen molar-refractivity contribution in [3.05, 3.63) is 29.2 Å². The Labute approximate surface area is 95.2 Å². The van der Waals surface area contributed by atoms with Crippen LogP contribution in [0.15, 0.2) is 24.3 Å². The van der Waals surface area contributed by atoms with Gasteiger partial charge in [-0.3, -0.25) is 4.79 Å². The Morgan fingerprint density at radius 2 is 1.93 bits per heavy atom. The van der Waals surface area contributed by atoms with Crippen molar-refractivity contribution in [2.24, 2.45) is 0 Å². The molecule has 0 aromatic heterocycles. The Balaban J connectivity index is 2.72. The van der Waals surface area contributed by atoms with E-state index in [-0.39, 0.29) is 22.2 Å². The van der Waals surface area contributed by atoms with Gasteiger partial charge in [0.2, 0.25) is 11.9 Å². The molecule has 0 fully saturated rings. The summed E-state index contributed by atoms with van der Waals surface area (Å²) in [6.45, 7) is 0.